The SMILES string of the molecule is O=Cc1ccc(C(O)C(F)F)nc1. The molecule has 0 fully saturated rings. The number of pyridine rings is 1. The van der Waals surface area contributed by atoms with Gasteiger partial charge >= 0.3 is 0 Å². The van der Waals surface area contributed by atoms with E-state index in [1.165, 1.54) is 12.1 Å². The van der Waals surface area contributed by atoms with Crippen molar-refractivity contribution in [1.29, 1.82) is 0 Å². The van der Waals surface area contributed by atoms with Crippen molar-refractivity contribution < 1.29 is 18.7 Å². The van der Waals surface area contributed by atoms with Crippen LogP contribution in [-0.2, 0) is 0 Å². The van der Waals surface area contributed by atoms with Gasteiger partial charge in [-0.3, -0.25) is 9.78 Å². The van der Waals surface area contributed by atoms with E-state index in [0.717, 1.165) is 6.20 Å². The van der Waals surface area contributed by atoms with Gasteiger partial charge in [0, 0.05) is 11.8 Å². The highest BCUT2D eigenvalue weighted by molar-refractivity contribution is 5.73. The number of aromatic nitrogens is 1. The average Bonchev–Trinajstić information content (AvgIpc) is 2.17. The lowest BCUT2D eigenvalue weighted by Gasteiger charge is -2.07. The van der Waals surface area contributed by atoms with Crippen LogP contribution in [0.25, 0.3) is 0 Å². The van der Waals surface area contributed by atoms with Gasteiger partial charge in [-0.05, 0) is 12.1 Å². The molecule has 0 spiro atoms. The molecule has 0 bridgehead atoms. The molecule has 1 atom stereocenters. The van der Waals surface area contributed by atoms with Crippen LogP contribution < -0.4 is 0 Å². The van der Waals surface area contributed by atoms with Gasteiger partial charge in [-0.25, -0.2) is 8.78 Å². The number of halogens is 2. The third kappa shape index (κ3) is 2.29. The highest BCUT2D eigenvalue weighted by Gasteiger charge is 2.19. The highest BCUT2D eigenvalue weighted by atomic mass is 19.3. The Balaban J connectivity index is 2.85. The monoisotopic (exact) mass is 187 g/mol. The van der Waals surface area contributed by atoms with E-state index in [1.807, 2.05) is 0 Å². The molecule has 1 N–H and O–H groups in total. The normalized spacial score (nSPS) is 12.9. The number of hydrogen-bond acceptors (Lipinski definition) is 3. The highest BCUT2D eigenvalue weighted by Crippen LogP contribution is 2.17. The quantitative estimate of drug-likeness (QED) is 0.723. The number of aliphatic hydroxyl groups is 1. The smallest absolute Gasteiger partial charge is 0.269 e. The molecule has 1 heterocycles. The van der Waals surface area contributed by atoms with E-state index in [1.54, 1.807) is 0 Å². The Morgan fingerprint density at radius 2 is 2.15 bits per heavy atom. The van der Waals surface area contributed by atoms with Crippen molar-refractivity contribution in [2.24, 2.45) is 0 Å². The van der Waals surface area contributed by atoms with E-state index in [9.17, 15) is 13.6 Å². The standard InChI is InChI=1S/C8H7F2NO2/c9-8(10)7(13)6-2-1-5(4-12)3-11-6/h1-4,7-8,13H. The zero-order valence-electron chi connectivity index (χ0n) is 6.52. The summed E-state index contributed by atoms with van der Waals surface area (Å²) in [6.45, 7) is 0. The molecule has 0 saturated carbocycles. The summed E-state index contributed by atoms with van der Waals surface area (Å²) in [4.78, 5) is 13.7. The second-order valence-electron chi connectivity index (χ2n) is 2.41. The van der Waals surface area contributed by atoms with Crippen LogP contribution in [0.4, 0.5) is 8.78 Å². The second kappa shape index (κ2) is 4.04. The molecule has 0 amide bonds. The Bertz CT molecular complexity index is 287. The Morgan fingerprint density at radius 1 is 1.46 bits per heavy atom. The fraction of sp³-hybridized carbons (Fsp3) is 0.250. The first-order valence-corrected chi connectivity index (χ1v) is 3.52. The number of aldehydes is 1. The third-order valence-corrected chi connectivity index (χ3v) is 1.49. The molecule has 0 aliphatic rings. The maximum absolute atomic E-state index is 11.9. The van der Waals surface area contributed by atoms with E-state index in [0.29, 0.717) is 6.29 Å². The summed E-state index contributed by atoms with van der Waals surface area (Å²) in [5.74, 6) is 0. The average molecular weight is 187 g/mol. The minimum Gasteiger partial charge on any atom is -0.381 e. The third-order valence-electron chi connectivity index (χ3n) is 1.49. The van der Waals surface area contributed by atoms with Crippen LogP contribution in [0.2, 0.25) is 0 Å². The predicted octanol–water partition coefficient (Wildman–Crippen LogP) is 1.19. The van der Waals surface area contributed by atoms with Gasteiger partial charge < -0.3 is 5.11 Å². The Kier molecular flexibility index (Phi) is 3.02. The Hall–Kier alpha value is -1.36. The number of aliphatic hydroxyl groups excluding tert-OH is 1. The lowest BCUT2D eigenvalue weighted by molar-refractivity contribution is -0.00820. The van der Waals surface area contributed by atoms with Crippen molar-refractivity contribution in [2.75, 3.05) is 0 Å². The molecule has 13 heavy (non-hydrogen) atoms. The van der Waals surface area contributed by atoms with E-state index in [2.05, 4.69) is 4.98 Å². The van der Waals surface area contributed by atoms with Crippen LogP contribution in [-0.4, -0.2) is 22.8 Å². The van der Waals surface area contributed by atoms with Gasteiger partial charge in [0.25, 0.3) is 6.43 Å². The number of carbonyl (C=O) groups excluding carboxylic acids is 1. The first-order chi connectivity index (χ1) is 6.15. The first kappa shape index (κ1) is 9.73. The minimum atomic E-state index is -2.87. The number of nitrogens with zero attached hydrogens (tertiary/aromatic N) is 1. The molecule has 0 radical (unpaired) electrons. The van der Waals surface area contributed by atoms with Crippen LogP contribution >= 0.6 is 0 Å². The Labute approximate surface area is 73.0 Å². The number of hydrogen-bond donors (Lipinski definition) is 1. The zero-order valence-corrected chi connectivity index (χ0v) is 6.52. The van der Waals surface area contributed by atoms with Gasteiger partial charge in [0.05, 0.1) is 5.69 Å². The van der Waals surface area contributed by atoms with Gasteiger partial charge in [-0.2, -0.15) is 0 Å². The molecule has 1 aromatic rings. The van der Waals surface area contributed by atoms with Crippen molar-refractivity contribution >= 4 is 6.29 Å². The fourth-order valence-electron chi connectivity index (χ4n) is 0.790. The van der Waals surface area contributed by atoms with Crippen molar-refractivity contribution in [2.45, 2.75) is 12.5 Å². The van der Waals surface area contributed by atoms with Crippen molar-refractivity contribution in [1.82, 2.24) is 4.98 Å². The molecule has 3 nitrogen and oxygen atoms in total. The molecular formula is C8H7F2NO2. The largest absolute Gasteiger partial charge is 0.381 e. The maximum Gasteiger partial charge on any atom is 0.269 e. The molecule has 0 aliphatic carbocycles. The van der Waals surface area contributed by atoms with Gasteiger partial charge in [-0.1, -0.05) is 0 Å². The van der Waals surface area contributed by atoms with Gasteiger partial charge in [0.1, 0.15) is 0 Å². The van der Waals surface area contributed by atoms with Gasteiger partial charge in [0.2, 0.25) is 0 Å². The summed E-state index contributed by atoms with van der Waals surface area (Å²) in [5, 5.41) is 8.86. The Morgan fingerprint density at radius 3 is 2.54 bits per heavy atom. The fourth-order valence-corrected chi connectivity index (χ4v) is 0.790. The van der Waals surface area contributed by atoms with E-state index in [4.69, 9.17) is 5.11 Å². The zero-order chi connectivity index (χ0) is 9.84. The summed E-state index contributed by atoms with van der Waals surface area (Å²) in [6, 6.07) is 2.52. The molecule has 0 aliphatic heterocycles. The van der Waals surface area contributed by atoms with E-state index < -0.39 is 12.5 Å². The first-order valence-electron chi connectivity index (χ1n) is 3.52. The van der Waals surface area contributed by atoms with Crippen LogP contribution in [0.5, 0.6) is 0 Å². The van der Waals surface area contributed by atoms with Crippen LogP contribution in [0.1, 0.15) is 22.2 Å². The lowest BCUT2D eigenvalue weighted by Crippen LogP contribution is -2.09. The van der Waals surface area contributed by atoms with Crippen molar-refractivity contribution in [3.8, 4) is 0 Å². The summed E-state index contributed by atoms with van der Waals surface area (Å²) >= 11 is 0. The molecule has 5 heteroatoms. The topological polar surface area (TPSA) is 50.2 Å². The summed E-state index contributed by atoms with van der Waals surface area (Å²) in [5.41, 5.74) is 0.144. The molecule has 1 aromatic heterocycles. The summed E-state index contributed by atoms with van der Waals surface area (Å²) < 4.78 is 23.9. The molecular weight excluding hydrogens is 180 g/mol. The maximum atomic E-state index is 11.9. The second-order valence-corrected chi connectivity index (χ2v) is 2.41. The van der Waals surface area contributed by atoms with Crippen LogP contribution in [0.15, 0.2) is 18.3 Å². The number of carbonyl (C=O) groups is 1. The molecule has 0 saturated heterocycles. The summed E-state index contributed by atoms with van der Waals surface area (Å²) in [7, 11) is 0. The lowest BCUT2D eigenvalue weighted by atomic mass is 10.2. The van der Waals surface area contributed by atoms with Crippen LogP contribution in [0, 0.1) is 0 Å². The number of rotatable bonds is 3. The summed E-state index contributed by atoms with van der Waals surface area (Å²) in [6.07, 6.45) is -3.07. The molecule has 1 rings (SSSR count). The molecule has 0 aromatic carbocycles. The van der Waals surface area contributed by atoms with E-state index in [-0.39, 0.29) is 11.3 Å². The van der Waals surface area contributed by atoms with Gasteiger partial charge in [0.15, 0.2) is 12.4 Å². The van der Waals surface area contributed by atoms with E-state index >= 15 is 0 Å². The number of alkyl halides is 2. The van der Waals surface area contributed by atoms with Crippen molar-refractivity contribution in [3.63, 3.8) is 0 Å². The minimum absolute atomic E-state index is 0.138. The van der Waals surface area contributed by atoms with Gasteiger partial charge in [-0.15, -0.1) is 0 Å². The molecule has 70 valence electrons. The van der Waals surface area contributed by atoms with Crippen LogP contribution in [0.3, 0.4) is 0 Å². The predicted molar refractivity (Wildman–Crippen MR) is 40.6 cm³/mol. The molecule has 1 unspecified atom stereocenters. The van der Waals surface area contributed by atoms with Crippen molar-refractivity contribution in [3.05, 3.63) is 29.6 Å².